The van der Waals surface area contributed by atoms with Gasteiger partial charge in [0.15, 0.2) is 0 Å². The fourth-order valence-corrected chi connectivity index (χ4v) is 1.99. The van der Waals surface area contributed by atoms with Gasteiger partial charge in [-0.2, -0.15) is 0 Å². The van der Waals surface area contributed by atoms with Crippen molar-refractivity contribution in [1.29, 1.82) is 0 Å². The highest BCUT2D eigenvalue weighted by atomic mass is 16.5. The number of ether oxygens (including phenoxy) is 1. The van der Waals surface area contributed by atoms with E-state index in [1.807, 2.05) is 11.8 Å². The maximum absolute atomic E-state index is 11.4. The van der Waals surface area contributed by atoms with Crippen molar-refractivity contribution >= 4 is 5.97 Å². The minimum Gasteiger partial charge on any atom is -0.468 e. The van der Waals surface area contributed by atoms with E-state index in [2.05, 4.69) is 4.74 Å². The van der Waals surface area contributed by atoms with Crippen LogP contribution in [0.2, 0.25) is 0 Å². The van der Waals surface area contributed by atoms with Crippen LogP contribution in [-0.2, 0) is 9.53 Å². The molecule has 0 aromatic carbocycles. The summed E-state index contributed by atoms with van der Waals surface area (Å²) >= 11 is 0. The van der Waals surface area contributed by atoms with E-state index in [-0.39, 0.29) is 25.2 Å². The van der Waals surface area contributed by atoms with Gasteiger partial charge in [-0.05, 0) is 12.8 Å². The zero-order valence-electron chi connectivity index (χ0n) is 9.27. The molecule has 5 heteroatoms. The maximum Gasteiger partial charge on any atom is 0.323 e. The second kappa shape index (κ2) is 4.92. The molecule has 1 aliphatic rings. The van der Waals surface area contributed by atoms with E-state index >= 15 is 0 Å². The van der Waals surface area contributed by atoms with Crippen LogP contribution >= 0.6 is 0 Å². The fraction of sp³-hybridized carbons (Fsp3) is 0.900. The number of aliphatic hydroxyl groups is 2. The van der Waals surface area contributed by atoms with Gasteiger partial charge in [0.25, 0.3) is 0 Å². The normalized spacial score (nSPS) is 22.3. The smallest absolute Gasteiger partial charge is 0.323 e. The van der Waals surface area contributed by atoms with Crippen LogP contribution < -0.4 is 0 Å². The first-order valence-electron chi connectivity index (χ1n) is 5.21. The van der Waals surface area contributed by atoms with Crippen molar-refractivity contribution in [2.75, 3.05) is 26.9 Å². The molecule has 0 spiro atoms. The second-order valence-electron chi connectivity index (χ2n) is 3.92. The van der Waals surface area contributed by atoms with Crippen LogP contribution in [0.25, 0.3) is 0 Å². The van der Waals surface area contributed by atoms with Crippen molar-refractivity contribution in [2.45, 2.75) is 31.3 Å². The van der Waals surface area contributed by atoms with Crippen molar-refractivity contribution in [3.8, 4) is 0 Å². The number of carbonyl (C=O) groups is 1. The lowest BCUT2D eigenvalue weighted by Gasteiger charge is -2.50. The molecular formula is C10H19NO4. The predicted molar refractivity (Wildman–Crippen MR) is 54.3 cm³/mol. The van der Waals surface area contributed by atoms with Gasteiger partial charge in [0.05, 0.1) is 25.9 Å². The van der Waals surface area contributed by atoms with Crippen molar-refractivity contribution in [3.63, 3.8) is 0 Å². The number of rotatable bonds is 5. The Morgan fingerprint density at radius 2 is 2.13 bits per heavy atom. The summed E-state index contributed by atoms with van der Waals surface area (Å²) in [5.74, 6) is -0.291. The van der Waals surface area contributed by atoms with Gasteiger partial charge in [0.1, 0.15) is 6.04 Å². The summed E-state index contributed by atoms with van der Waals surface area (Å²) in [7, 11) is 1.35. The zero-order valence-corrected chi connectivity index (χ0v) is 9.27. The lowest BCUT2D eigenvalue weighted by atomic mass is 9.88. The minimum absolute atomic E-state index is 0.145. The zero-order chi connectivity index (χ0) is 11.5. The molecule has 1 fully saturated rings. The molecule has 0 aromatic heterocycles. The number of carbonyl (C=O) groups excluding carboxylic acids is 1. The van der Waals surface area contributed by atoms with Crippen molar-refractivity contribution < 1.29 is 19.7 Å². The Bertz CT molecular complexity index is 219. The molecule has 1 saturated heterocycles. The third-order valence-corrected chi connectivity index (χ3v) is 3.35. The third kappa shape index (κ3) is 2.00. The largest absolute Gasteiger partial charge is 0.468 e. The Kier molecular flexibility index (Phi) is 4.07. The van der Waals surface area contributed by atoms with E-state index in [1.165, 1.54) is 7.11 Å². The summed E-state index contributed by atoms with van der Waals surface area (Å²) in [6.07, 6.45) is 1.34. The summed E-state index contributed by atoms with van der Waals surface area (Å²) in [5.41, 5.74) is -0.683. The molecule has 0 saturated carbocycles. The van der Waals surface area contributed by atoms with E-state index in [0.29, 0.717) is 13.0 Å². The van der Waals surface area contributed by atoms with Crippen LogP contribution in [0.15, 0.2) is 0 Å². The highest BCUT2D eigenvalue weighted by Gasteiger charge is 2.46. The SMILES string of the molecule is CCC(CO)(CO)N1CCC1C(=O)OC. The van der Waals surface area contributed by atoms with E-state index in [9.17, 15) is 15.0 Å². The molecule has 2 N–H and O–H groups in total. The molecule has 0 bridgehead atoms. The molecule has 0 aliphatic carbocycles. The number of hydrogen-bond acceptors (Lipinski definition) is 5. The van der Waals surface area contributed by atoms with Crippen LogP contribution in [0.3, 0.4) is 0 Å². The number of nitrogens with zero attached hydrogens (tertiary/aromatic N) is 1. The number of hydrogen-bond donors (Lipinski definition) is 2. The Morgan fingerprint density at radius 1 is 1.53 bits per heavy atom. The Labute approximate surface area is 89.6 Å². The van der Waals surface area contributed by atoms with Gasteiger partial charge in [0.2, 0.25) is 0 Å². The molecule has 1 rings (SSSR count). The number of aliphatic hydroxyl groups excluding tert-OH is 2. The van der Waals surface area contributed by atoms with E-state index in [0.717, 1.165) is 6.42 Å². The summed E-state index contributed by atoms with van der Waals surface area (Å²) in [5, 5.41) is 18.7. The molecule has 1 unspecified atom stereocenters. The standard InChI is InChI=1S/C10H19NO4/c1-3-10(6-12,7-13)11-5-4-8(11)9(14)15-2/h8,12-13H,3-7H2,1-2H3. The van der Waals surface area contributed by atoms with Crippen LogP contribution in [0.5, 0.6) is 0 Å². The van der Waals surface area contributed by atoms with Crippen molar-refractivity contribution in [2.24, 2.45) is 0 Å². The third-order valence-electron chi connectivity index (χ3n) is 3.35. The van der Waals surface area contributed by atoms with Gasteiger partial charge in [0, 0.05) is 6.54 Å². The summed E-state index contributed by atoms with van der Waals surface area (Å²) in [6, 6.07) is -0.311. The Balaban J connectivity index is 2.73. The Morgan fingerprint density at radius 3 is 2.40 bits per heavy atom. The summed E-state index contributed by atoms with van der Waals surface area (Å²) in [6.45, 7) is 2.31. The molecule has 1 aliphatic heterocycles. The molecule has 88 valence electrons. The van der Waals surface area contributed by atoms with Gasteiger partial charge in [-0.1, -0.05) is 6.92 Å². The first kappa shape index (κ1) is 12.4. The first-order chi connectivity index (χ1) is 7.15. The number of methoxy groups -OCH3 is 1. The molecule has 1 atom stereocenters. The summed E-state index contributed by atoms with van der Waals surface area (Å²) in [4.78, 5) is 13.2. The van der Waals surface area contributed by atoms with Crippen molar-refractivity contribution in [3.05, 3.63) is 0 Å². The molecule has 0 radical (unpaired) electrons. The second-order valence-corrected chi connectivity index (χ2v) is 3.92. The Hall–Kier alpha value is -0.650. The number of esters is 1. The minimum atomic E-state index is -0.683. The fourth-order valence-electron chi connectivity index (χ4n) is 1.99. The molecule has 1 heterocycles. The first-order valence-corrected chi connectivity index (χ1v) is 5.21. The van der Waals surface area contributed by atoms with Crippen LogP contribution in [0, 0.1) is 0 Å². The average Bonchev–Trinajstić information content (AvgIpc) is 2.24. The van der Waals surface area contributed by atoms with Gasteiger partial charge in [-0.15, -0.1) is 0 Å². The topological polar surface area (TPSA) is 70.0 Å². The van der Waals surface area contributed by atoms with Crippen LogP contribution in [-0.4, -0.2) is 59.5 Å². The quantitative estimate of drug-likeness (QED) is 0.600. The molecular weight excluding hydrogens is 198 g/mol. The molecule has 15 heavy (non-hydrogen) atoms. The highest BCUT2D eigenvalue weighted by molar-refractivity contribution is 5.76. The van der Waals surface area contributed by atoms with E-state index < -0.39 is 5.54 Å². The lowest BCUT2D eigenvalue weighted by molar-refractivity contribution is -0.163. The summed E-state index contributed by atoms with van der Waals surface area (Å²) < 4.78 is 4.67. The van der Waals surface area contributed by atoms with Gasteiger partial charge in [-0.25, -0.2) is 0 Å². The van der Waals surface area contributed by atoms with E-state index in [1.54, 1.807) is 0 Å². The highest BCUT2D eigenvalue weighted by Crippen LogP contribution is 2.30. The number of likely N-dealkylation sites (tertiary alicyclic amines) is 1. The molecule has 5 nitrogen and oxygen atoms in total. The van der Waals surface area contributed by atoms with Gasteiger partial charge < -0.3 is 14.9 Å². The monoisotopic (exact) mass is 217 g/mol. The lowest BCUT2D eigenvalue weighted by Crippen LogP contribution is -2.66. The molecule has 0 amide bonds. The van der Waals surface area contributed by atoms with Crippen LogP contribution in [0.1, 0.15) is 19.8 Å². The van der Waals surface area contributed by atoms with Crippen LogP contribution in [0.4, 0.5) is 0 Å². The van der Waals surface area contributed by atoms with Gasteiger partial charge in [-0.3, -0.25) is 9.69 Å². The predicted octanol–water partition coefficient (Wildman–Crippen LogP) is -0.633. The average molecular weight is 217 g/mol. The van der Waals surface area contributed by atoms with Gasteiger partial charge >= 0.3 is 5.97 Å². The van der Waals surface area contributed by atoms with E-state index in [4.69, 9.17) is 0 Å². The molecule has 0 aromatic rings. The maximum atomic E-state index is 11.4. The van der Waals surface area contributed by atoms with Crippen molar-refractivity contribution in [1.82, 2.24) is 4.90 Å².